The second-order valence-electron chi connectivity index (χ2n) is 5.53. The topological polar surface area (TPSA) is 55.2 Å². The summed E-state index contributed by atoms with van der Waals surface area (Å²) >= 11 is 0. The van der Waals surface area contributed by atoms with Crippen LogP contribution in [0.4, 0.5) is 0 Å². The van der Waals surface area contributed by atoms with Gasteiger partial charge in [-0.05, 0) is 30.0 Å². The van der Waals surface area contributed by atoms with Crippen molar-refractivity contribution < 1.29 is 4.79 Å². The predicted octanol–water partition coefficient (Wildman–Crippen LogP) is 1.85. The van der Waals surface area contributed by atoms with Crippen molar-refractivity contribution in [2.75, 3.05) is 6.54 Å². The maximum absolute atomic E-state index is 12.6. The first-order valence-corrected chi connectivity index (χ1v) is 7.63. The molecule has 2 aromatic rings. The van der Waals surface area contributed by atoms with Gasteiger partial charge < -0.3 is 4.90 Å². The highest BCUT2D eigenvalue weighted by molar-refractivity contribution is 5.92. The Morgan fingerprint density at radius 2 is 1.95 bits per heavy atom. The van der Waals surface area contributed by atoms with Gasteiger partial charge >= 0.3 is 0 Å². The first-order chi connectivity index (χ1) is 10.7. The highest BCUT2D eigenvalue weighted by atomic mass is 16.2. The maximum Gasteiger partial charge on any atom is 0.274 e. The summed E-state index contributed by atoms with van der Waals surface area (Å²) in [5.74, 6) is -0.112. The van der Waals surface area contributed by atoms with Crippen LogP contribution in [0.25, 0.3) is 0 Å². The Bertz CT molecular complexity index is 752. The molecule has 0 radical (unpaired) electrons. The summed E-state index contributed by atoms with van der Waals surface area (Å²) in [7, 11) is 0. The second-order valence-corrected chi connectivity index (χ2v) is 5.53. The van der Waals surface area contributed by atoms with Gasteiger partial charge in [-0.15, -0.1) is 0 Å². The lowest BCUT2D eigenvalue weighted by atomic mass is 10.00. The quantitative estimate of drug-likeness (QED) is 0.869. The summed E-state index contributed by atoms with van der Waals surface area (Å²) in [5.41, 5.74) is 2.66. The Morgan fingerprint density at radius 3 is 2.73 bits per heavy atom. The molecule has 1 aromatic heterocycles. The van der Waals surface area contributed by atoms with Crippen molar-refractivity contribution >= 4 is 5.91 Å². The fourth-order valence-corrected chi connectivity index (χ4v) is 2.77. The molecule has 0 N–H and O–H groups in total. The Kier molecular flexibility index (Phi) is 4.04. The molecule has 0 spiro atoms. The normalized spacial score (nSPS) is 13.8. The molecule has 3 rings (SSSR count). The van der Waals surface area contributed by atoms with Gasteiger partial charge in [0.15, 0.2) is 0 Å². The number of hydrogen-bond acceptors (Lipinski definition) is 3. The zero-order valence-corrected chi connectivity index (χ0v) is 12.7. The molecule has 0 bridgehead atoms. The number of carbonyl (C=O) groups is 1. The van der Waals surface area contributed by atoms with E-state index in [1.54, 1.807) is 4.90 Å². The van der Waals surface area contributed by atoms with E-state index < -0.39 is 0 Å². The number of aromatic nitrogens is 2. The van der Waals surface area contributed by atoms with E-state index in [-0.39, 0.29) is 11.5 Å². The number of rotatable bonds is 3. The molecular weight excluding hydrogens is 278 g/mol. The van der Waals surface area contributed by atoms with Crippen molar-refractivity contribution in [3.8, 4) is 0 Å². The van der Waals surface area contributed by atoms with Gasteiger partial charge in [-0.2, -0.15) is 5.10 Å². The van der Waals surface area contributed by atoms with Crippen LogP contribution in [0, 0.1) is 0 Å². The lowest BCUT2D eigenvalue weighted by Crippen LogP contribution is -2.37. The highest BCUT2D eigenvalue weighted by Gasteiger charge is 2.22. The number of benzene rings is 1. The first kappa shape index (κ1) is 14.5. The fraction of sp³-hybridized carbons (Fsp3) is 0.353. The number of fused-ring (bicyclic) bond motifs is 1. The smallest absolute Gasteiger partial charge is 0.274 e. The van der Waals surface area contributed by atoms with Crippen LogP contribution >= 0.6 is 0 Å². The van der Waals surface area contributed by atoms with Gasteiger partial charge in [0.1, 0.15) is 5.69 Å². The van der Waals surface area contributed by atoms with E-state index in [9.17, 15) is 9.59 Å². The van der Waals surface area contributed by atoms with Gasteiger partial charge in [0, 0.05) is 25.7 Å². The zero-order chi connectivity index (χ0) is 15.5. The molecule has 0 unspecified atom stereocenters. The van der Waals surface area contributed by atoms with Gasteiger partial charge in [0.2, 0.25) is 0 Å². The Balaban J connectivity index is 1.83. The standard InChI is InChI=1S/C17H19N3O2/c1-2-10-20-16(21)8-7-15(18-20)17(22)19-11-9-13-5-3-4-6-14(13)12-19/h3-8H,2,9-12H2,1H3. The van der Waals surface area contributed by atoms with Crippen LogP contribution in [0.1, 0.15) is 35.0 Å². The van der Waals surface area contributed by atoms with Crippen molar-refractivity contribution in [1.29, 1.82) is 0 Å². The van der Waals surface area contributed by atoms with E-state index in [0.717, 1.165) is 12.8 Å². The fourth-order valence-electron chi connectivity index (χ4n) is 2.77. The van der Waals surface area contributed by atoms with Crippen molar-refractivity contribution in [2.45, 2.75) is 32.9 Å². The molecule has 5 heteroatoms. The van der Waals surface area contributed by atoms with E-state index in [0.29, 0.717) is 25.3 Å². The minimum Gasteiger partial charge on any atom is -0.333 e. The second kappa shape index (κ2) is 6.13. The van der Waals surface area contributed by atoms with Gasteiger partial charge in [0.05, 0.1) is 0 Å². The summed E-state index contributed by atoms with van der Waals surface area (Å²) in [6.07, 6.45) is 1.66. The van der Waals surface area contributed by atoms with Crippen LogP contribution in [0.5, 0.6) is 0 Å². The third-order valence-corrected chi connectivity index (χ3v) is 3.94. The summed E-state index contributed by atoms with van der Waals surface area (Å²) in [5, 5.41) is 4.21. The molecule has 1 amide bonds. The lowest BCUT2D eigenvalue weighted by Gasteiger charge is -2.28. The van der Waals surface area contributed by atoms with E-state index >= 15 is 0 Å². The first-order valence-electron chi connectivity index (χ1n) is 7.63. The Labute approximate surface area is 129 Å². The van der Waals surface area contributed by atoms with Crippen LogP contribution in [0.15, 0.2) is 41.2 Å². The molecular formula is C17H19N3O2. The van der Waals surface area contributed by atoms with Crippen LogP contribution in [-0.4, -0.2) is 27.1 Å². The maximum atomic E-state index is 12.6. The number of aryl methyl sites for hydroxylation is 1. The molecule has 2 heterocycles. The average Bonchev–Trinajstić information content (AvgIpc) is 2.56. The molecule has 0 saturated heterocycles. The van der Waals surface area contributed by atoms with Crippen molar-refractivity contribution in [3.63, 3.8) is 0 Å². The van der Waals surface area contributed by atoms with E-state index in [1.807, 2.05) is 19.1 Å². The molecule has 0 aliphatic carbocycles. The van der Waals surface area contributed by atoms with Crippen LogP contribution < -0.4 is 5.56 Å². The highest BCUT2D eigenvalue weighted by Crippen LogP contribution is 2.19. The molecule has 1 aliphatic heterocycles. The Hall–Kier alpha value is -2.43. The number of amides is 1. The SMILES string of the molecule is CCCn1nc(C(=O)N2CCc3ccccc3C2)ccc1=O. The summed E-state index contributed by atoms with van der Waals surface area (Å²) in [6.45, 7) is 3.79. The summed E-state index contributed by atoms with van der Waals surface area (Å²) in [4.78, 5) is 26.1. The molecule has 22 heavy (non-hydrogen) atoms. The minimum atomic E-state index is -0.164. The largest absolute Gasteiger partial charge is 0.333 e. The van der Waals surface area contributed by atoms with Crippen LogP contribution in [0.2, 0.25) is 0 Å². The molecule has 0 fully saturated rings. The number of hydrogen-bond donors (Lipinski definition) is 0. The van der Waals surface area contributed by atoms with Gasteiger partial charge in [-0.25, -0.2) is 4.68 Å². The Morgan fingerprint density at radius 1 is 1.18 bits per heavy atom. The molecule has 114 valence electrons. The van der Waals surface area contributed by atoms with E-state index in [2.05, 4.69) is 17.2 Å². The van der Waals surface area contributed by atoms with E-state index in [4.69, 9.17) is 0 Å². The number of carbonyl (C=O) groups excluding carboxylic acids is 1. The molecule has 5 nitrogen and oxygen atoms in total. The van der Waals surface area contributed by atoms with E-state index in [1.165, 1.54) is 27.9 Å². The number of nitrogens with zero attached hydrogens (tertiary/aromatic N) is 3. The minimum absolute atomic E-state index is 0.112. The predicted molar refractivity (Wildman–Crippen MR) is 83.7 cm³/mol. The summed E-state index contributed by atoms with van der Waals surface area (Å²) < 4.78 is 1.37. The summed E-state index contributed by atoms with van der Waals surface area (Å²) in [6, 6.07) is 11.1. The van der Waals surface area contributed by atoms with Crippen LogP contribution in [-0.2, 0) is 19.5 Å². The van der Waals surface area contributed by atoms with Gasteiger partial charge in [-0.1, -0.05) is 31.2 Å². The average molecular weight is 297 g/mol. The van der Waals surface area contributed by atoms with Crippen molar-refractivity contribution in [2.24, 2.45) is 0 Å². The van der Waals surface area contributed by atoms with Crippen molar-refractivity contribution in [3.05, 3.63) is 63.6 Å². The van der Waals surface area contributed by atoms with Gasteiger partial charge in [-0.3, -0.25) is 9.59 Å². The molecule has 1 aliphatic rings. The van der Waals surface area contributed by atoms with Gasteiger partial charge in [0.25, 0.3) is 11.5 Å². The van der Waals surface area contributed by atoms with Crippen LogP contribution in [0.3, 0.4) is 0 Å². The third-order valence-electron chi connectivity index (χ3n) is 3.94. The monoisotopic (exact) mass is 297 g/mol. The lowest BCUT2D eigenvalue weighted by molar-refractivity contribution is 0.0725. The molecule has 0 atom stereocenters. The third kappa shape index (κ3) is 2.79. The molecule has 1 aromatic carbocycles. The zero-order valence-electron chi connectivity index (χ0n) is 12.7. The molecule has 0 saturated carbocycles. The van der Waals surface area contributed by atoms with Crippen molar-refractivity contribution in [1.82, 2.24) is 14.7 Å².